The van der Waals surface area contributed by atoms with Gasteiger partial charge in [0, 0.05) is 6.42 Å². The van der Waals surface area contributed by atoms with E-state index in [1.54, 1.807) is 0 Å². The molecule has 0 fully saturated rings. The normalized spacial score (nSPS) is 10.5. The van der Waals surface area contributed by atoms with Gasteiger partial charge in [-0.2, -0.15) is 0 Å². The Kier molecular flexibility index (Phi) is 7.84. The second-order valence-electron chi connectivity index (χ2n) is 7.07. The van der Waals surface area contributed by atoms with Gasteiger partial charge >= 0.3 is 0 Å². The van der Waals surface area contributed by atoms with Crippen LogP contribution in [0, 0.1) is 6.92 Å². The molecule has 1 amide bonds. The van der Waals surface area contributed by atoms with Crippen molar-refractivity contribution in [2.75, 3.05) is 0 Å². The lowest BCUT2D eigenvalue weighted by Crippen LogP contribution is -2.23. The average Bonchev–Trinajstić information content (AvgIpc) is 2.75. The van der Waals surface area contributed by atoms with E-state index in [0.29, 0.717) is 19.6 Å². The lowest BCUT2D eigenvalue weighted by molar-refractivity contribution is -0.134. The maximum absolute atomic E-state index is 11.9. The Morgan fingerprint density at radius 1 is 0.793 bits per heavy atom. The summed E-state index contributed by atoms with van der Waals surface area (Å²) in [7, 11) is 0. The summed E-state index contributed by atoms with van der Waals surface area (Å²) in [5.41, 5.74) is 7.10. The first-order valence-electron chi connectivity index (χ1n) is 9.91. The topological polar surface area (TPSA) is 47.6 Å². The lowest BCUT2D eigenvalue weighted by Gasteiger charge is -2.09. The van der Waals surface area contributed by atoms with Crippen molar-refractivity contribution in [1.82, 2.24) is 5.48 Å². The van der Waals surface area contributed by atoms with Crippen molar-refractivity contribution in [2.24, 2.45) is 0 Å². The fourth-order valence-corrected chi connectivity index (χ4v) is 2.88. The summed E-state index contributed by atoms with van der Waals surface area (Å²) in [6.45, 7) is 2.93. The molecule has 4 nitrogen and oxygen atoms in total. The number of nitrogens with one attached hydrogen (secondary N) is 1. The molecule has 0 aromatic heterocycles. The molecule has 3 aromatic carbocycles. The molecule has 0 spiro atoms. The monoisotopic (exact) mass is 389 g/mol. The Balaban J connectivity index is 1.32. The second-order valence-corrected chi connectivity index (χ2v) is 7.07. The van der Waals surface area contributed by atoms with Crippen molar-refractivity contribution >= 4 is 5.91 Å². The Hall–Kier alpha value is -3.11. The van der Waals surface area contributed by atoms with Crippen molar-refractivity contribution in [1.29, 1.82) is 0 Å². The molecule has 150 valence electrons. The number of benzene rings is 3. The number of hydrogen-bond acceptors (Lipinski definition) is 3. The summed E-state index contributed by atoms with van der Waals surface area (Å²) in [5, 5.41) is 0. The van der Waals surface area contributed by atoms with E-state index in [-0.39, 0.29) is 5.91 Å². The van der Waals surface area contributed by atoms with Gasteiger partial charge in [0.15, 0.2) is 0 Å². The molecule has 3 aromatic rings. The molecule has 0 aliphatic rings. The quantitative estimate of drug-likeness (QED) is 0.488. The SMILES string of the molecule is Cc1ccc(COc2ccc(CONC(=O)CCCc3ccccc3)cc2)cc1. The number of hydrogen-bond donors (Lipinski definition) is 1. The van der Waals surface area contributed by atoms with Crippen molar-refractivity contribution in [2.45, 2.75) is 39.4 Å². The number of carbonyl (C=O) groups is 1. The van der Waals surface area contributed by atoms with E-state index in [1.165, 1.54) is 11.1 Å². The van der Waals surface area contributed by atoms with E-state index in [4.69, 9.17) is 9.57 Å². The van der Waals surface area contributed by atoms with Crippen molar-refractivity contribution < 1.29 is 14.4 Å². The van der Waals surface area contributed by atoms with Gasteiger partial charge in [0.25, 0.3) is 0 Å². The van der Waals surface area contributed by atoms with Gasteiger partial charge < -0.3 is 4.74 Å². The van der Waals surface area contributed by atoms with Crippen LogP contribution < -0.4 is 10.2 Å². The van der Waals surface area contributed by atoms with Crippen molar-refractivity contribution in [3.63, 3.8) is 0 Å². The molecule has 0 bridgehead atoms. The molecule has 0 atom stereocenters. The van der Waals surface area contributed by atoms with Crippen LogP contribution in [0.3, 0.4) is 0 Å². The van der Waals surface area contributed by atoms with Crippen LogP contribution in [0.25, 0.3) is 0 Å². The predicted molar refractivity (Wildman–Crippen MR) is 114 cm³/mol. The number of ether oxygens (including phenoxy) is 1. The number of rotatable bonds is 10. The van der Waals surface area contributed by atoms with Gasteiger partial charge in [-0.1, -0.05) is 72.3 Å². The highest BCUT2D eigenvalue weighted by Gasteiger charge is 2.03. The van der Waals surface area contributed by atoms with Crippen molar-refractivity contribution in [3.05, 3.63) is 101 Å². The van der Waals surface area contributed by atoms with Gasteiger partial charge in [0.05, 0.1) is 6.61 Å². The fraction of sp³-hybridized carbons (Fsp3) is 0.240. The molecule has 0 saturated carbocycles. The van der Waals surface area contributed by atoms with Gasteiger partial charge in [-0.3, -0.25) is 9.63 Å². The third-order valence-corrected chi connectivity index (χ3v) is 4.59. The van der Waals surface area contributed by atoms with Crippen LogP contribution in [-0.2, 0) is 29.3 Å². The molecule has 3 rings (SSSR count). The summed E-state index contributed by atoms with van der Waals surface area (Å²) < 4.78 is 5.80. The zero-order valence-electron chi connectivity index (χ0n) is 16.8. The molecule has 0 aliphatic heterocycles. The molecule has 1 N–H and O–H groups in total. The van der Waals surface area contributed by atoms with E-state index in [2.05, 4.69) is 48.8 Å². The Morgan fingerprint density at radius 2 is 1.45 bits per heavy atom. The highest BCUT2D eigenvalue weighted by atomic mass is 16.6. The summed E-state index contributed by atoms with van der Waals surface area (Å²) >= 11 is 0. The summed E-state index contributed by atoms with van der Waals surface area (Å²) in [6.07, 6.45) is 2.13. The van der Waals surface area contributed by atoms with Crippen LogP contribution in [0.2, 0.25) is 0 Å². The molecule has 4 heteroatoms. The summed E-state index contributed by atoms with van der Waals surface area (Å²) in [4.78, 5) is 17.2. The maximum Gasteiger partial charge on any atom is 0.243 e. The van der Waals surface area contributed by atoms with Gasteiger partial charge in [-0.05, 0) is 48.6 Å². The van der Waals surface area contributed by atoms with Crippen LogP contribution in [0.5, 0.6) is 5.75 Å². The Labute approximate surface area is 172 Å². The molecular weight excluding hydrogens is 362 g/mol. The minimum Gasteiger partial charge on any atom is -0.489 e. The number of amides is 1. The van der Waals surface area contributed by atoms with Gasteiger partial charge in [0.2, 0.25) is 5.91 Å². The average molecular weight is 389 g/mol. The lowest BCUT2D eigenvalue weighted by atomic mass is 10.1. The van der Waals surface area contributed by atoms with Crippen LogP contribution in [0.4, 0.5) is 0 Å². The maximum atomic E-state index is 11.9. The largest absolute Gasteiger partial charge is 0.489 e. The minimum absolute atomic E-state index is 0.0982. The van der Waals surface area contributed by atoms with E-state index in [0.717, 1.165) is 29.7 Å². The fourth-order valence-electron chi connectivity index (χ4n) is 2.88. The van der Waals surface area contributed by atoms with Crippen LogP contribution >= 0.6 is 0 Å². The summed E-state index contributed by atoms with van der Waals surface area (Å²) in [6, 6.07) is 26.2. The van der Waals surface area contributed by atoms with E-state index in [1.807, 2.05) is 42.5 Å². The molecule has 29 heavy (non-hydrogen) atoms. The Morgan fingerprint density at radius 3 is 2.17 bits per heavy atom. The van der Waals surface area contributed by atoms with Gasteiger partial charge in [0.1, 0.15) is 12.4 Å². The van der Waals surface area contributed by atoms with Crippen molar-refractivity contribution in [3.8, 4) is 5.75 Å². The molecule has 0 saturated heterocycles. The smallest absolute Gasteiger partial charge is 0.243 e. The second kappa shape index (κ2) is 11.0. The zero-order valence-corrected chi connectivity index (χ0v) is 16.8. The highest BCUT2D eigenvalue weighted by molar-refractivity contribution is 5.74. The third-order valence-electron chi connectivity index (χ3n) is 4.59. The molecule has 0 unspecified atom stereocenters. The number of hydroxylamine groups is 1. The van der Waals surface area contributed by atoms with E-state index in [9.17, 15) is 4.79 Å². The van der Waals surface area contributed by atoms with Gasteiger partial charge in [-0.15, -0.1) is 0 Å². The number of aryl methyl sites for hydroxylation is 2. The van der Waals surface area contributed by atoms with Crippen LogP contribution in [-0.4, -0.2) is 5.91 Å². The molecule has 0 heterocycles. The van der Waals surface area contributed by atoms with Crippen LogP contribution in [0.15, 0.2) is 78.9 Å². The first-order valence-corrected chi connectivity index (χ1v) is 9.91. The van der Waals surface area contributed by atoms with E-state index >= 15 is 0 Å². The highest BCUT2D eigenvalue weighted by Crippen LogP contribution is 2.15. The minimum atomic E-state index is -0.0982. The predicted octanol–water partition coefficient (Wildman–Crippen LogP) is 5.14. The standard InChI is InChI=1S/C25H27NO3/c1-20-10-12-22(13-11-20)18-28-24-16-14-23(15-17-24)19-29-26-25(27)9-5-8-21-6-3-2-4-7-21/h2-4,6-7,10-17H,5,8-9,18-19H2,1H3,(H,26,27). The first kappa shape index (κ1) is 20.6. The van der Waals surface area contributed by atoms with E-state index < -0.39 is 0 Å². The summed E-state index contributed by atoms with van der Waals surface area (Å²) in [5.74, 6) is 0.707. The Bertz CT molecular complexity index is 874. The number of carbonyl (C=O) groups excluding carboxylic acids is 1. The molecule has 0 radical (unpaired) electrons. The first-order chi connectivity index (χ1) is 14.2. The van der Waals surface area contributed by atoms with Gasteiger partial charge in [-0.25, -0.2) is 5.48 Å². The van der Waals surface area contributed by atoms with Crippen LogP contribution in [0.1, 0.15) is 35.1 Å². The zero-order chi connectivity index (χ0) is 20.3. The molecular formula is C25H27NO3. The third kappa shape index (κ3) is 7.43. The molecule has 0 aliphatic carbocycles.